The second kappa shape index (κ2) is 16.0. The smallest absolute Gasteiger partial charge is 0.151 e. The maximum absolute atomic E-state index is 10.3. The quantitative estimate of drug-likeness (QED) is 0.235. The van der Waals surface area contributed by atoms with Crippen LogP contribution in [0.5, 0.6) is 0 Å². The van der Waals surface area contributed by atoms with Crippen LogP contribution in [0.4, 0.5) is 0 Å². The van der Waals surface area contributed by atoms with Gasteiger partial charge in [0.1, 0.15) is 24.4 Å². The number of aliphatic hydroxyl groups excluding tert-OH is 4. The Kier molecular flexibility index (Phi) is 15.6. The van der Waals surface area contributed by atoms with E-state index in [4.69, 9.17) is 9.84 Å². The molecule has 0 bridgehead atoms. The minimum absolute atomic E-state index is 0.116. The fourth-order valence-corrected chi connectivity index (χ4v) is 2.50. The van der Waals surface area contributed by atoms with E-state index in [-0.39, 0.29) is 12.9 Å². The van der Waals surface area contributed by atoms with Gasteiger partial charge in [-0.2, -0.15) is 0 Å². The number of aldehydes is 1. The third kappa shape index (κ3) is 11.9. The summed E-state index contributed by atoms with van der Waals surface area (Å²) < 4.78 is 5.26. The topological polar surface area (TPSA) is 107 Å². The molecule has 0 rings (SSSR count). The van der Waals surface area contributed by atoms with Crippen LogP contribution in [0.2, 0.25) is 0 Å². The van der Waals surface area contributed by atoms with Gasteiger partial charge in [-0.15, -0.1) is 0 Å². The number of ether oxygens (including phenoxy) is 1. The second-order valence-corrected chi connectivity index (χ2v) is 6.43. The fourth-order valence-electron chi connectivity index (χ4n) is 2.50. The summed E-state index contributed by atoms with van der Waals surface area (Å²) in [6, 6.07) is 0. The van der Waals surface area contributed by atoms with Gasteiger partial charge in [0.15, 0.2) is 6.29 Å². The standard InChI is InChI=1S/C18H36O6/c1-2-3-4-5-6-7-8-9-10-11-12-24-14-16(21)18(23)17(22)15(20)13-19/h13,15-18,20-23H,2-12,14H2,1H3/t15-,16+,17+,18+/m0/s1. The third-order valence-electron chi connectivity index (χ3n) is 4.16. The van der Waals surface area contributed by atoms with Gasteiger partial charge < -0.3 is 30.0 Å². The lowest BCUT2D eigenvalue weighted by Gasteiger charge is -2.23. The van der Waals surface area contributed by atoms with Gasteiger partial charge in [0.25, 0.3) is 0 Å². The van der Waals surface area contributed by atoms with E-state index in [1.165, 1.54) is 51.4 Å². The van der Waals surface area contributed by atoms with Crippen molar-refractivity contribution in [2.75, 3.05) is 13.2 Å². The van der Waals surface area contributed by atoms with Crippen molar-refractivity contribution in [3.63, 3.8) is 0 Å². The molecular weight excluding hydrogens is 312 g/mol. The van der Waals surface area contributed by atoms with Gasteiger partial charge >= 0.3 is 0 Å². The number of aliphatic hydroxyl groups is 4. The average molecular weight is 348 g/mol. The summed E-state index contributed by atoms with van der Waals surface area (Å²) >= 11 is 0. The zero-order valence-electron chi connectivity index (χ0n) is 15.0. The Hall–Kier alpha value is -0.530. The van der Waals surface area contributed by atoms with Crippen molar-refractivity contribution in [2.45, 2.75) is 95.5 Å². The summed E-state index contributed by atoms with van der Waals surface area (Å²) in [5.74, 6) is 0. The maximum Gasteiger partial charge on any atom is 0.151 e. The lowest BCUT2D eigenvalue weighted by molar-refractivity contribution is -0.138. The van der Waals surface area contributed by atoms with Crippen molar-refractivity contribution in [2.24, 2.45) is 0 Å². The Bertz CT molecular complexity index is 287. The molecule has 0 amide bonds. The minimum atomic E-state index is -1.71. The molecule has 0 aliphatic heterocycles. The Morgan fingerprint density at radius 3 is 1.79 bits per heavy atom. The number of carbonyl (C=O) groups excluding carboxylic acids is 1. The molecule has 0 heterocycles. The van der Waals surface area contributed by atoms with Crippen LogP contribution < -0.4 is 0 Å². The van der Waals surface area contributed by atoms with E-state index in [2.05, 4.69) is 6.92 Å². The van der Waals surface area contributed by atoms with Gasteiger partial charge in [-0.05, 0) is 6.42 Å². The molecule has 0 aliphatic rings. The second-order valence-electron chi connectivity index (χ2n) is 6.43. The molecule has 0 saturated heterocycles. The van der Waals surface area contributed by atoms with Gasteiger partial charge in [0.2, 0.25) is 0 Å². The minimum Gasteiger partial charge on any atom is -0.388 e. The number of rotatable bonds is 17. The van der Waals surface area contributed by atoms with E-state index < -0.39 is 24.4 Å². The lowest BCUT2D eigenvalue weighted by atomic mass is 10.0. The first kappa shape index (κ1) is 23.5. The van der Waals surface area contributed by atoms with Crippen molar-refractivity contribution in [1.82, 2.24) is 0 Å². The van der Waals surface area contributed by atoms with Crippen LogP contribution in [0.15, 0.2) is 0 Å². The molecule has 0 aliphatic carbocycles. The van der Waals surface area contributed by atoms with Crippen molar-refractivity contribution >= 4 is 6.29 Å². The summed E-state index contributed by atoms with van der Waals surface area (Å²) in [5, 5.41) is 37.7. The van der Waals surface area contributed by atoms with Gasteiger partial charge in [-0.25, -0.2) is 0 Å². The van der Waals surface area contributed by atoms with Crippen LogP contribution in [-0.4, -0.2) is 64.3 Å². The third-order valence-corrected chi connectivity index (χ3v) is 4.16. The van der Waals surface area contributed by atoms with Crippen LogP contribution in [0, 0.1) is 0 Å². The molecule has 4 N–H and O–H groups in total. The molecule has 0 saturated carbocycles. The van der Waals surface area contributed by atoms with Crippen LogP contribution in [-0.2, 0) is 9.53 Å². The molecule has 0 aromatic rings. The highest BCUT2D eigenvalue weighted by molar-refractivity contribution is 5.56. The van der Waals surface area contributed by atoms with Crippen molar-refractivity contribution in [3.8, 4) is 0 Å². The Labute approximate surface area is 145 Å². The molecule has 6 nitrogen and oxygen atoms in total. The summed E-state index contributed by atoms with van der Waals surface area (Å²) in [6.07, 6.45) is 6.01. The molecule has 0 aromatic heterocycles. The molecule has 0 radical (unpaired) electrons. The van der Waals surface area contributed by atoms with Gasteiger partial charge in [0, 0.05) is 6.61 Å². The van der Waals surface area contributed by atoms with Crippen LogP contribution in [0.25, 0.3) is 0 Å². The highest BCUT2D eigenvalue weighted by Gasteiger charge is 2.30. The van der Waals surface area contributed by atoms with Crippen LogP contribution in [0.3, 0.4) is 0 Å². The predicted octanol–water partition coefficient (Wildman–Crippen LogP) is 1.57. The first-order valence-electron chi connectivity index (χ1n) is 9.29. The molecule has 6 heteroatoms. The predicted molar refractivity (Wildman–Crippen MR) is 92.8 cm³/mol. The zero-order valence-corrected chi connectivity index (χ0v) is 15.0. The Morgan fingerprint density at radius 1 is 0.792 bits per heavy atom. The fraction of sp³-hybridized carbons (Fsp3) is 0.944. The van der Waals surface area contributed by atoms with Crippen LogP contribution in [0.1, 0.15) is 71.1 Å². The van der Waals surface area contributed by atoms with E-state index in [1.54, 1.807) is 0 Å². The zero-order chi connectivity index (χ0) is 18.2. The molecule has 4 atom stereocenters. The molecule has 0 fully saturated rings. The Balaban J connectivity index is 3.44. The van der Waals surface area contributed by atoms with E-state index in [0.717, 1.165) is 12.8 Å². The number of unbranched alkanes of at least 4 members (excludes halogenated alkanes) is 9. The number of hydrogen-bond donors (Lipinski definition) is 4. The normalized spacial score (nSPS) is 16.5. The number of hydrogen-bond acceptors (Lipinski definition) is 6. The summed E-state index contributed by atoms with van der Waals surface area (Å²) in [4.78, 5) is 10.3. The monoisotopic (exact) mass is 348 g/mol. The summed E-state index contributed by atoms with van der Waals surface area (Å²) in [5.41, 5.74) is 0. The van der Waals surface area contributed by atoms with Crippen molar-refractivity contribution < 1.29 is 30.0 Å². The molecule has 24 heavy (non-hydrogen) atoms. The average Bonchev–Trinajstić information content (AvgIpc) is 2.60. The van der Waals surface area contributed by atoms with E-state index in [9.17, 15) is 20.1 Å². The lowest BCUT2D eigenvalue weighted by Crippen LogP contribution is -2.46. The van der Waals surface area contributed by atoms with Gasteiger partial charge in [0.05, 0.1) is 6.61 Å². The van der Waals surface area contributed by atoms with Crippen LogP contribution >= 0.6 is 0 Å². The molecule has 144 valence electrons. The van der Waals surface area contributed by atoms with E-state index in [0.29, 0.717) is 6.61 Å². The molecule has 0 unspecified atom stereocenters. The summed E-state index contributed by atoms with van der Waals surface area (Å²) in [6.45, 7) is 2.56. The largest absolute Gasteiger partial charge is 0.388 e. The summed E-state index contributed by atoms with van der Waals surface area (Å²) in [7, 11) is 0. The van der Waals surface area contributed by atoms with Crippen molar-refractivity contribution in [1.29, 1.82) is 0 Å². The highest BCUT2D eigenvalue weighted by Crippen LogP contribution is 2.11. The SMILES string of the molecule is CCCCCCCCCCCCOC[C@@H](O)[C@@H](O)[C@H](O)[C@@H](O)C=O. The van der Waals surface area contributed by atoms with Gasteiger partial charge in [-0.1, -0.05) is 64.7 Å². The molecule has 0 aromatic carbocycles. The Morgan fingerprint density at radius 2 is 1.29 bits per heavy atom. The molecule has 0 spiro atoms. The first-order chi connectivity index (χ1) is 11.5. The maximum atomic E-state index is 10.3. The highest BCUT2D eigenvalue weighted by atomic mass is 16.5. The first-order valence-corrected chi connectivity index (χ1v) is 9.29. The number of carbonyl (C=O) groups is 1. The van der Waals surface area contributed by atoms with Gasteiger partial charge in [-0.3, -0.25) is 0 Å². The van der Waals surface area contributed by atoms with E-state index >= 15 is 0 Å². The van der Waals surface area contributed by atoms with Crippen molar-refractivity contribution in [3.05, 3.63) is 0 Å². The molecular formula is C18H36O6. The van der Waals surface area contributed by atoms with E-state index in [1.807, 2.05) is 0 Å².